The highest BCUT2D eigenvalue weighted by atomic mass is 35.5. The van der Waals surface area contributed by atoms with Gasteiger partial charge < -0.3 is 15.2 Å². The minimum atomic E-state index is 0.189. The Morgan fingerprint density at radius 3 is 2.67 bits per heavy atom. The number of hydrogen-bond donors (Lipinski definition) is 2. The standard InChI is InChI=1S/C14H22ClNO2/c1-11-9-12(2)14(13(15)10-11)18-8-4-3-5-16-6-7-17/h9-10,16-17H,3-8H2,1-2H3. The van der Waals surface area contributed by atoms with Crippen molar-refractivity contribution < 1.29 is 9.84 Å². The lowest BCUT2D eigenvalue weighted by molar-refractivity contribution is 0.286. The number of aliphatic hydroxyl groups excluding tert-OH is 1. The van der Waals surface area contributed by atoms with Gasteiger partial charge in [0.2, 0.25) is 0 Å². The first-order chi connectivity index (χ1) is 8.65. The fourth-order valence-electron chi connectivity index (χ4n) is 1.82. The smallest absolute Gasteiger partial charge is 0.140 e. The quantitative estimate of drug-likeness (QED) is 0.715. The van der Waals surface area contributed by atoms with Crippen molar-refractivity contribution in [3.63, 3.8) is 0 Å². The van der Waals surface area contributed by atoms with E-state index in [2.05, 4.69) is 11.4 Å². The lowest BCUT2D eigenvalue weighted by Gasteiger charge is -2.12. The Morgan fingerprint density at radius 1 is 1.22 bits per heavy atom. The van der Waals surface area contributed by atoms with E-state index in [9.17, 15) is 0 Å². The molecule has 0 aliphatic rings. The molecule has 0 saturated carbocycles. The van der Waals surface area contributed by atoms with Crippen molar-refractivity contribution >= 4 is 11.6 Å². The summed E-state index contributed by atoms with van der Waals surface area (Å²) in [5.74, 6) is 0.797. The Hall–Kier alpha value is -0.770. The van der Waals surface area contributed by atoms with Gasteiger partial charge in [0.25, 0.3) is 0 Å². The number of unbranched alkanes of at least 4 members (excludes halogenated alkanes) is 1. The van der Waals surface area contributed by atoms with E-state index in [-0.39, 0.29) is 6.61 Å². The third-order valence-corrected chi connectivity index (χ3v) is 2.94. The number of ether oxygens (including phenoxy) is 1. The van der Waals surface area contributed by atoms with Gasteiger partial charge in [-0.05, 0) is 50.4 Å². The summed E-state index contributed by atoms with van der Waals surface area (Å²) < 4.78 is 5.72. The molecule has 1 rings (SSSR count). The van der Waals surface area contributed by atoms with Crippen molar-refractivity contribution in [1.29, 1.82) is 0 Å². The van der Waals surface area contributed by atoms with E-state index in [0.717, 1.165) is 36.3 Å². The second-order valence-electron chi connectivity index (χ2n) is 4.42. The van der Waals surface area contributed by atoms with Crippen LogP contribution in [0.25, 0.3) is 0 Å². The van der Waals surface area contributed by atoms with Crippen LogP contribution < -0.4 is 10.1 Å². The van der Waals surface area contributed by atoms with Gasteiger partial charge in [-0.15, -0.1) is 0 Å². The molecule has 1 aromatic carbocycles. The maximum absolute atomic E-state index is 8.60. The number of rotatable bonds is 8. The molecule has 0 bridgehead atoms. The first-order valence-corrected chi connectivity index (χ1v) is 6.74. The third-order valence-electron chi connectivity index (χ3n) is 2.66. The van der Waals surface area contributed by atoms with Crippen molar-refractivity contribution in [2.24, 2.45) is 0 Å². The maximum atomic E-state index is 8.60. The van der Waals surface area contributed by atoms with Crippen LogP contribution in [0, 0.1) is 13.8 Å². The van der Waals surface area contributed by atoms with Crippen molar-refractivity contribution in [2.45, 2.75) is 26.7 Å². The molecule has 0 saturated heterocycles. The van der Waals surface area contributed by atoms with Crippen LogP contribution in [0.2, 0.25) is 5.02 Å². The minimum absolute atomic E-state index is 0.189. The zero-order chi connectivity index (χ0) is 13.4. The molecule has 0 aliphatic carbocycles. The van der Waals surface area contributed by atoms with Crippen LogP contribution in [0.4, 0.5) is 0 Å². The zero-order valence-electron chi connectivity index (χ0n) is 11.1. The van der Waals surface area contributed by atoms with Crippen LogP contribution in [0.1, 0.15) is 24.0 Å². The highest BCUT2D eigenvalue weighted by Crippen LogP contribution is 2.29. The Bertz CT molecular complexity index is 346. The van der Waals surface area contributed by atoms with Crippen molar-refractivity contribution in [1.82, 2.24) is 5.32 Å². The first kappa shape index (κ1) is 15.3. The summed E-state index contributed by atoms with van der Waals surface area (Å²) in [7, 11) is 0. The molecule has 3 nitrogen and oxygen atoms in total. The van der Waals surface area contributed by atoms with E-state index in [1.807, 2.05) is 19.9 Å². The molecular weight excluding hydrogens is 250 g/mol. The molecule has 1 aromatic rings. The van der Waals surface area contributed by atoms with E-state index < -0.39 is 0 Å². The van der Waals surface area contributed by atoms with Crippen molar-refractivity contribution in [2.75, 3.05) is 26.3 Å². The lowest BCUT2D eigenvalue weighted by Crippen LogP contribution is -2.19. The van der Waals surface area contributed by atoms with Gasteiger partial charge in [-0.25, -0.2) is 0 Å². The molecule has 0 aliphatic heterocycles. The summed E-state index contributed by atoms with van der Waals surface area (Å²) in [6.07, 6.45) is 2.00. The normalized spacial score (nSPS) is 10.7. The highest BCUT2D eigenvalue weighted by Gasteiger charge is 2.06. The van der Waals surface area contributed by atoms with Crippen LogP contribution in [0.15, 0.2) is 12.1 Å². The van der Waals surface area contributed by atoms with Gasteiger partial charge in [-0.1, -0.05) is 17.7 Å². The number of nitrogens with one attached hydrogen (secondary N) is 1. The van der Waals surface area contributed by atoms with Gasteiger partial charge in [-0.2, -0.15) is 0 Å². The maximum Gasteiger partial charge on any atom is 0.140 e. The van der Waals surface area contributed by atoms with Crippen LogP contribution in [0.5, 0.6) is 5.75 Å². The highest BCUT2D eigenvalue weighted by molar-refractivity contribution is 6.32. The van der Waals surface area contributed by atoms with Crippen LogP contribution in [0.3, 0.4) is 0 Å². The van der Waals surface area contributed by atoms with E-state index >= 15 is 0 Å². The van der Waals surface area contributed by atoms with Crippen molar-refractivity contribution in [3.8, 4) is 5.75 Å². The third kappa shape index (κ3) is 5.25. The fourth-order valence-corrected chi connectivity index (χ4v) is 2.19. The molecule has 0 atom stereocenters. The molecule has 0 aromatic heterocycles. The molecule has 18 heavy (non-hydrogen) atoms. The van der Waals surface area contributed by atoms with Gasteiger partial charge in [0.15, 0.2) is 0 Å². The van der Waals surface area contributed by atoms with E-state index in [0.29, 0.717) is 18.2 Å². The van der Waals surface area contributed by atoms with Crippen LogP contribution >= 0.6 is 11.6 Å². The summed E-state index contributed by atoms with van der Waals surface area (Å²) in [4.78, 5) is 0. The molecule has 0 unspecified atom stereocenters. The summed E-state index contributed by atoms with van der Waals surface area (Å²) in [5, 5.41) is 12.4. The summed E-state index contributed by atoms with van der Waals surface area (Å²) in [6, 6.07) is 4.00. The minimum Gasteiger partial charge on any atom is -0.492 e. The van der Waals surface area contributed by atoms with Gasteiger partial charge in [0.1, 0.15) is 5.75 Å². The number of aryl methyl sites for hydroxylation is 2. The van der Waals surface area contributed by atoms with E-state index in [1.165, 1.54) is 0 Å². The summed E-state index contributed by atoms with van der Waals surface area (Å²) in [5.41, 5.74) is 2.23. The average Bonchev–Trinajstić information content (AvgIpc) is 2.30. The topological polar surface area (TPSA) is 41.5 Å². The van der Waals surface area contributed by atoms with Crippen LogP contribution in [-0.2, 0) is 0 Å². The molecule has 4 heteroatoms. The summed E-state index contributed by atoms with van der Waals surface area (Å²) in [6.45, 7) is 6.46. The molecular formula is C14H22ClNO2. The zero-order valence-corrected chi connectivity index (χ0v) is 11.9. The number of halogens is 1. The monoisotopic (exact) mass is 271 g/mol. The second kappa shape index (κ2) is 8.35. The number of aliphatic hydroxyl groups is 1. The van der Waals surface area contributed by atoms with Gasteiger partial charge in [-0.3, -0.25) is 0 Å². The molecule has 0 radical (unpaired) electrons. The predicted molar refractivity (Wildman–Crippen MR) is 75.6 cm³/mol. The Kier molecular flexibility index (Phi) is 7.09. The number of hydrogen-bond acceptors (Lipinski definition) is 3. The van der Waals surface area contributed by atoms with Gasteiger partial charge in [0, 0.05) is 6.54 Å². The molecule has 0 heterocycles. The number of benzene rings is 1. The Morgan fingerprint density at radius 2 is 2.00 bits per heavy atom. The molecule has 0 fully saturated rings. The van der Waals surface area contributed by atoms with Gasteiger partial charge >= 0.3 is 0 Å². The van der Waals surface area contributed by atoms with Crippen molar-refractivity contribution in [3.05, 3.63) is 28.3 Å². The largest absolute Gasteiger partial charge is 0.492 e. The average molecular weight is 272 g/mol. The molecule has 2 N–H and O–H groups in total. The second-order valence-corrected chi connectivity index (χ2v) is 4.83. The molecule has 102 valence electrons. The lowest BCUT2D eigenvalue weighted by atomic mass is 10.1. The fraction of sp³-hybridized carbons (Fsp3) is 0.571. The van der Waals surface area contributed by atoms with E-state index in [1.54, 1.807) is 0 Å². The summed E-state index contributed by atoms with van der Waals surface area (Å²) >= 11 is 6.15. The Balaban J connectivity index is 2.27. The van der Waals surface area contributed by atoms with Crippen LogP contribution in [-0.4, -0.2) is 31.4 Å². The SMILES string of the molecule is Cc1cc(C)c(OCCCCNCCO)c(Cl)c1. The Labute approximate surface area is 114 Å². The van der Waals surface area contributed by atoms with Gasteiger partial charge in [0.05, 0.1) is 18.2 Å². The predicted octanol–water partition coefficient (Wildman–Crippen LogP) is 2.70. The van der Waals surface area contributed by atoms with E-state index in [4.69, 9.17) is 21.4 Å². The first-order valence-electron chi connectivity index (χ1n) is 6.36. The molecule has 0 amide bonds. The molecule has 0 spiro atoms.